The van der Waals surface area contributed by atoms with E-state index in [1.807, 2.05) is 48.5 Å². The number of aromatic nitrogens is 2. The monoisotopic (exact) mass is 422 g/mol. The zero-order valence-corrected chi connectivity index (χ0v) is 14.7. The number of rotatable bonds is 2. The maximum Gasteiger partial charge on any atom is 0.261 e. The fourth-order valence-corrected chi connectivity index (χ4v) is 2.87. The molecule has 22 heavy (non-hydrogen) atoms. The number of fused-ring (bicyclic) bond motifs is 1. The molecule has 0 fully saturated rings. The Morgan fingerprint density at radius 2 is 1.95 bits per heavy atom. The highest BCUT2D eigenvalue weighted by Gasteiger charge is 2.06. The lowest BCUT2D eigenvalue weighted by Crippen LogP contribution is -2.20. The summed E-state index contributed by atoms with van der Waals surface area (Å²) in [7, 11) is 1.72. The van der Waals surface area contributed by atoms with Crippen molar-refractivity contribution in [3.63, 3.8) is 0 Å². The minimum atomic E-state index is -0.0534. The van der Waals surface area contributed by atoms with Gasteiger partial charge in [-0.05, 0) is 64.6 Å². The van der Waals surface area contributed by atoms with Crippen LogP contribution in [0.2, 0.25) is 5.02 Å². The molecule has 0 spiro atoms. The lowest BCUT2D eigenvalue weighted by molar-refractivity contribution is 0.828. The van der Waals surface area contributed by atoms with Crippen molar-refractivity contribution in [3.8, 4) is 0 Å². The van der Waals surface area contributed by atoms with E-state index in [-0.39, 0.29) is 5.56 Å². The van der Waals surface area contributed by atoms with Gasteiger partial charge in [0.15, 0.2) is 0 Å². The van der Waals surface area contributed by atoms with Gasteiger partial charge in [0.25, 0.3) is 5.56 Å². The van der Waals surface area contributed by atoms with Crippen LogP contribution in [-0.2, 0) is 7.05 Å². The van der Waals surface area contributed by atoms with Crippen LogP contribution in [0, 0.1) is 3.57 Å². The molecule has 3 rings (SSSR count). The van der Waals surface area contributed by atoms with Crippen LogP contribution in [0.5, 0.6) is 0 Å². The standard InChI is InChI=1S/C17H12ClIN2O/c1-21-16(9-6-11-4-2-3-5-14(11)18)20-15-8-7-12(19)10-13(15)17(21)22/h2-10H,1H3/b9-6+. The molecule has 1 heterocycles. The first-order valence-electron chi connectivity index (χ1n) is 6.65. The lowest BCUT2D eigenvalue weighted by Gasteiger charge is -2.06. The van der Waals surface area contributed by atoms with Crippen LogP contribution in [0.3, 0.4) is 0 Å². The third-order valence-corrected chi connectivity index (χ3v) is 4.40. The van der Waals surface area contributed by atoms with Gasteiger partial charge < -0.3 is 0 Å². The average molecular weight is 423 g/mol. The summed E-state index contributed by atoms with van der Waals surface area (Å²) in [5, 5.41) is 1.29. The molecule has 0 atom stereocenters. The number of benzene rings is 2. The maximum atomic E-state index is 12.4. The maximum absolute atomic E-state index is 12.4. The van der Waals surface area contributed by atoms with E-state index in [9.17, 15) is 4.79 Å². The summed E-state index contributed by atoms with van der Waals surface area (Å²) in [6.45, 7) is 0. The summed E-state index contributed by atoms with van der Waals surface area (Å²) < 4.78 is 2.56. The summed E-state index contributed by atoms with van der Waals surface area (Å²) >= 11 is 8.32. The first-order valence-corrected chi connectivity index (χ1v) is 8.11. The van der Waals surface area contributed by atoms with Gasteiger partial charge in [-0.1, -0.05) is 29.8 Å². The Bertz CT molecular complexity index is 947. The highest BCUT2D eigenvalue weighted by molar-refractivity contribution is 14.1. The Kier molecular flexibility index (Phi) is 4.31. The van der Waals surface area contributed by atoms with Crippen LogP contribution < -0.4 is 5.56 Å². The van der Waals surface area contributed by atoms with Crippen LogP contribution in [0.25, 0.3) is 23.1 Å². The molecule has 0 aliphatic rings. The fraction of sp³-hybridized carbons (Fsp3) is 0.0588. The SMILES string of the molecule is Cn1c(/C=C/c2ccccc2Cl)nc2ccc(I)cc2c1=O. The number of hydrogen-bond donors (Lipinski definition) is 0. The van der Waals surface area contributed by atoms with Gasteiger partial charge in [-0.25, -0.2) is 4.98 Å². The normalized spacial score (nSPS) is 11.4. The molecule has 0 unspecified atom stereocenters. The van der Waals surface area contributed by atoms with E-state index in [2.05, 4.69) is 27.6 Å². The molecule has 0 saturated carbocycles. The molecule has 110 valence electrons. The number of hydrogen-bond acceptors (Lipinski definition) is 2. The zero-order chi connectivity index (χ0) is 15.7. The van der Waals surface area contributed by atoms with E-state index in [0.29, 0.717) is 21.7 Å². The van der Waals surface area contributed by atoms with Crippen molar-refractivity contribution in [1.82, 2.24) is 9.55 Å². The third-order valence-electron chi connectivity index (χ3n) is 3.39. The van der Waals surface area contributed by atoms with Gasteiger partial charge in [-0.15, -0.1) is 0 Å². The molecule has 0 radical (unpaired) electrons. The molecule has 5 heteroatoms. The molecule has 2 aromatic carbocycles. The predicted molar refractivity (Wildman–Crippen MR) is 100 cm³/mol. The van der Waals surface area contributed by atoms with Crippen molar-refractivity contribution in [2.45, 2.75) is 0 Å². The summed E-state index contributed by atoms with van der Waals surface area (Å²) in [6.07, 6.45) is 3.67. The van der Waals surface area contributed by atoms with Crippen LogP contribution in [0.15, 0.2) is 47.3 Å². The Hall–Kier alpha value is -1.66. The van der Waals surface area contributed by atoms with Crippen molar-refractivity contribution in [2.24, 2.45) is 7.05 Å². The molecule has 0 bridgehead atoms. The summed E-state index contributed by atoms with van der Waals surface area (Å²) in [6, 6.07) is 13.2. The second kappa shape index (κ2) is 6.22. The largest absolute Gasteiger partial charge is 0.296 e. The molecule has 0 saturated heterocycles. The van der Waals surface area contributed by atoms with Gasteiger partial charge in [0, 0.05) is 15.6 Å². The van der Waals surface area contributed by atoms with Gasteiger partial charge >= 0.3 is 0 Å². The van der Waals surface area contributed by atoms with E-state index >= 15 is 0 Å². The smallest absolute Gasteiger partial charge is 0.261 e. The molecule has 3 nitrogen and oxygen atoms in total. The van der Waals surface area contributed by atoms with Crippen LogP contribution in [-0.4, -0.2) is 9.55 Å². The molecule has 0 amide bonds. The molecule has 0 aliphatic carbocycles. The highest BCUT2D eigenvalue weighted by atomic mass is 127. The van der Waals surface area contributed by atoms with E-state index in [4.69, 9.17) is 11.6 Å². The lowest BCUT2D eigenvalue weighted by atomic mass is 10.2. The summed E-state index contributed by atoms with van der Waals surface area (Å²) in [5.74, 6) is 0.596. The van der Waals surface area contributed by atoms with Crippen LogP contribution in [0.1, 0.15) is 11.4 Å². The second-order valence-corrected chi connectivity index (χ2v) is 6.50. The molecular weight excluding hydrogens is 411 g/mol. The molecule has 3 aromatic rings. The van der Waals surface area contributed by atoms with Crippen LogP contribution in [0.4, 0.5) is 0 Å². The topological polar surface area (TPSA) is 34.9 Å². The Balaban J connectivity index is 2.12. The van der Waals surface area contributed by atoms with Crippen molar-refractivity contribution >= 4 is 57.2 Å². The first-order chi connectivity index (χ1) is 10.6. The predicted octanol–water partition coefficient (Wildman–Crippen LogP) is 4.36. The molecule has 0 aliphatic heterocycles. The molecular formula is C17H12ClIN2O. The minimum Gasteiger partial charge on any atom is -0.296 e. The van der Waals surface area contributed by atoms with Gasteiger partial charge in [0.05, 0.1) is 10.9 Å². The van der Waals surface area contributed by atoms with Crippen molar-refractivity contribution < 1.29 is 0 Å². The van der Waals surface area contributed by atoms with E-state index in [1.165, 1.54) is 0 Å². The third kappa shape index (κ3) is 2.94. The van der Waals surface area contributed by atoms with E-state index in [0.717, 1.165) is 9.13 Å². The molecule has 0 N–H and O–H groups in total. The van der Waals surface area contributed by atoms with Gasteiger partial charge in [0.1, 0.15) is 5.82 Å². The minimum absolute atomic E-state index is 0.0534. The highest BCUT2D eigenvalue weighted by Crippen LogP contribution is 2.18. The first kappa shape index (κ1) is 15.2. The van der Waals surface area contributed by atoms with Gasteiger partial charge in [0.2, 0.25) is 0 Å². The number of nitrogens with zero attached hydrogens (tertiary/aromatic N) is 2. The van der Waals surface area contributed by atoms with Gasteiger partial charge in [-0.3, -0.25) is 9.36 Å². The van der Waals surface area contributed by atoms with Crippen LogP contribution >= 0.6 is 34.2 Å². The van der Waals surface area contributed by atoms with Crippen molar-refractivity contribution in [1.29, 1.82) is 0 Å². The quantitative estimate of drug-likeness (QED) is 0.575. The Morgan fingerprint density at radius 1 is 1.18 bits per heavy atom. The number of halogens is 2. The van der Waals surface area contributed by atoms with Gasteiger partial charge in [-0.2, -0.15) is 0 Å². The zero-order valence-electron chi connectivity index (χ0n) is 11.8. The summed E-state index contributed by atoms with van der Waals surface area (Å²) in [4.78, 5) is 17.0. The Labute approximate surface area is 146 Å². The van der Waals surface area contributed by atoms with Crippen molar-refractivity contribution in [3.05, 3.63) is 72.8 Å². The molecule has 1 aromatic heterocycles. The second-order valence-electron chi connectivity index (χ2n) is 4.85. The Morgan fingerprint density at radius 3 is 2.73 bits per heavy atom. The van der Waals surface area contributed by atoms with E-state index < -0.39 is 0 Å². The summed E-state index contributed by atoms with van der Waals surface area (Å²) in [5.41, 5.74) is 1.53. The average Bonchev–Trinajstić information content (AvgIpc) is 2.51. The van der Waals surface area contributed by atoms with Crippen molar-refractivity contribution in [2.75, 3.05) is 0 Å². The fourth-order valence-electron chi connectivity index (χ4n) is 2.18. The van der Waals surface area contributed by atoms with E-state index in [1.54, 1.807) is 17.7 Å².